The molecule has 0 fully saturated rings. The molecule has 0 saturated heterocycles. The van der Waals surface area contributed by atoms with Crippen LogP contribution in [0.3, 0.4) is 0 Å². The number of H-pyrrole nitrogens is 1. The third kappa shape index (κ3) is 4.18. The van der Waals surface area contributed by atoms with E-state index in [1.165, 1.54) is 16.9 Å². The molecule has 0 bridgehead atoms. The van der Waals surface area contributed by atoms with Gasteiger partial charge in [-0.25, -0.2) is 4.98 Å². The van der Waals surface area contributed by atoms with Gasteiger partial charge in [-0.1, -0.05) is 60.7 Å². The lowest BCUT2D eigenvalue weighted by Crippen LogP contribution is -2.22. The Hall–Kier alpha value is -3.25. The van der Waals surface area contributed by atoms with Gasteiger partial charge in [0, 0.05) is 13.0 Å². The lowest BCUT2D eigenvalue weighted by molar-refractivity contribution is 0.0954. The molecule has 6 heteroatoms. The second kappa shape index (κ2) is 8.19. The summed E-state index contributed by atoms with van der Waals surface area (Å²) in [5.74, 6) is 1.36. The summed E-state index contributed by atoms with van der Waals surface area (Å²) in [6.07, 6.45) is 0.697. The average Bonchev–Trinajstić information content (AvgIpc) is 3.34. The van der Waals surface area contributed by atoms with E-state index in [4.69, 9.17) is 0 Å². The monoisotopic (exact) mass is 388 g/mol. The summed E-state index contributed by atoms with van der Waals surface area (Å²) < 4.78 is 0. The molecule has 4 aromatic rings. The van der Waals surface area contributed by atoms with Gasteiger partial charge in [0.05, 0.1) is 9.75 Å². The zero-order valence-corrected chi connectivity index (χ0v) is 16.3. The van der Waals surface area contributed by atoms with Crippen LogP contribution in [-0.4, -0.2) is 21.1 Å². The quantitative estimate of drug-likeness (QED) is 0.515. The predicted octanol–water partition coefficient (Wildman–Crippen LogP) is 4.36. The molecule has 140 valence electrons. The van der Waals surface area contributed by atoms with Crippen molar-refractivity contribution < 1.29 is 4.79 Å². The molecule has 0 atom stereocenters. The molecule has 0 aliphatic carbocycles. The number of carbonyl (C=O) groups excluding carboxylic acids is 1. The second-order valence-corrected chi connectivity index (χ2v) is 7.61. The minimum Gasteiger partial charge on any atom is -0.347 e. The summed E-state index contributed by atoms with van der Waals surface area (Å²) in [4.78, 5) is 18.8. The molecule has 0 saturated carbocycles. The van der Waals surface area contributed by atoms with Crippen molar-refractivity contribution in [2.24, 2.45) is 0 Å². The Bertz CT molecular complexity index is 1070. The second-order valence-electron chi connectivity index (χ2n) is 6.56. The normalized spacial score (nSPS) is 10.8. The van der Waals surface area contributed by atoms with Gasteiger partial charge < -0.3 is 5.32 Å². The number of nitrogens with one attached hydrogen (secondary N) is 2. The molecule has 0 aliphatic rings. The third-order valence-electron chi connectivity index (χ3n) is 4.39. The first-order valence-electron chi connectivity index (χ1n) is 9.07. The van der Waals surface area contributed by atoms with Gasteiger partial charge >= 0.3 is 0 Å². The van der Waals surface area contributed by atoms with Crippen molar-refractivity contribution >= 4 is 17.2 Å². The number of hydrogen-bond donors (Lipinski definition) is 2. The lowest BCUT2D eigenvalue weighted by Gasteiger charge is -2.04. The number of aryl methyl sites for hydroxylation is 1. The van der Waals surface area contributed by atoms with Gasteiger partial charge in [0.1, 0.15) is 5.82 Å². The summed E-state index contributed by atoms with van der Waals surface area (Å²) in [6.45, 7) is 2.45. The number of aromatic amines is 1. The maximum atomic E-state index is 12.6. The van der Waals surface area contributed by atoms with E-state index in [-0.39, 0.29) is 5.91 Å². The van der Waals surface area contributed by atoms with Crippen molar-refractivity contribution in [1.29, 1.82) is 0 Å². The maximum Gasteiger partial charge on any atom is 0.261 e. The topological polar surface area (TPSA) is 70.7 Å². The van der Waals surface area contributed by atoms with Crippen molar-refractivity contribution in [1.82, 2.24) is 20.5 Å². The molecule has 5 nitrogen and oxygen atoms in total. The lowest BCUT2D eigenvalue weighted by atomic mass is 10.1. The Morgan fingerprint density at radius 2 is 1.71 bits per heavy atom. The van der Waals surface area contributed by atoms with Crippen LogP contribution in [0, 0.1) is 6.92 Å². The average molecular weight is 388 g/mol. The van der Waals surface area contributed by atoms with Crippen LogP contribution in [-0.2, 0) is 13.0 Å². The Morgan fingerprint density at radius 1 is 1.04 bits per heavy atom. The number of amides is 1. The Labute approximate surface area is 167 Å². The van der Waals surface area contributed by atoms with Crippen LogP contribution in [0.1, 0.15) is 32.2 Å². The van der Waals surface area contributed by atoms with Crippen molar-refractivity contribution in [3.8, 4) is 10.7 Å². The summed E-state index contributed by atoms with van der Waals surface area (Å²) in [6, 6.07) is 22.0. The van der Waals surface area contributed by atoms with Crippen LogP contribution >= 0.6 is 11.3 Å². The predicted molar refractivity (Wildman–Crippen MR) is 111 cm³/mol. The fraction of sp³-hybridized carbons (Fsp3) is 0.136. The fourth-order valence-electron chi connectivity index (χ4n) is 2.95. The van der Waals surface area contributed by atoms with Gasteiger partial charge in [0.2, 0.25) is 0 Å². The smallest absolute Gasteiger partial charge is 0.261 e. The molecule has 2 heterocycles. The van der Waals surface area contributed by atoms with E-state index in [1.54, 1.807) is 0 Å². The minimum atomic E-state index is -0.0716. The number of thiophene rings is 1. The zero-order chi connectivity index (χ0) is 19.3. The molecule has 0 unspecified atom stereocenters. The van der Waals surface area contributed by atoms with Crippen LogP contribution < -0.4 is 5.32 Å². The number of hydrogen-bond acceptors (Lipinski definition) is 4. The van der Waals surface area contributed by atoms with Crippen LogP contribution in [0.5, 0.6) is 0 Å². The largest absolute Gasteiger partial charge is 0.347 e. The molecule has 2 aromatic heterocycles. The maximum absolute atomic E-state index is 12.6. The molecular weight excluding hydrogens is 368 g/mol. The number of aromatic nitrogens is 3. The molecule has 0 aliphatic heterocycles. The highest BCUT2D eigenvalue weighted by molar-refractivity contribution is 7.17. The van der Waals surface area contributed by atoms with Crippen molar-refractivity contribution in [2.45, 2.75) is 19.9 Å². The van der Waals surface area contributed by atoms with E-state index in [2.05, 4.69) is 32.6 Å². The first-order chi connectivity index (χ1) is 13.7. The van der Waals surface area contributed by atoms with Crippen molar-refractivity contribution in [3.63, 3.8) is 0 Å². The highest BCUT2D eigenvalue weighted by Crippen LogP contribution is 2.29. The summed E-state index contributed by atoms with van der Waals surface area (Å²) >= 11 is 1.42. The van der Waals surface area contributed by atoms with Crippen LogP contribution in [0.15, 0.2) is 66.7 Å². The number of benzene rings is 2. The molecule has 28 heavy (non-hydrogen) atoms. The first-order valence-corrected chi connectivity index (χ1v) is 9.89. The Balaban J connectivity index is 1.46. The third-order valence-corrected chi connectivity index (χ3v) is 5.62. The fourth-order valence-corrected chi connectivity index (χ4v) is 3.97. The van der Waals surface area contributed by atoms with Gasteiger partial charge in [-0.2, -0.15) is 5.10 Å². The molecule has 0 spiro atoms. The van der Waals surface area contributed by atoms with E-state index in [0.717, 1.165) is 21.8 Å². The Kier molecular flexibility index (Phi) is 5.30. The summed E-state index contributed by atoms with van der Waals surface area (Å²) in [5, 5.41) is 10.3. The minimum absolute atomic E-state index is 0.0716. The van der Waals surface area contributed by atoms with E-state index in [9.17, 15) is 4.79 Å². The van der Waals surface area contributed by atoms with Crippen molar-refractivity contribution in [3.05, 3.63) is 94.1 Å². The Morgan fingerprint density at radius 3 is 2.43 bits per heavy atom. The summed E-state index contributed by atoms with van der Waals surface area (Å²) in [5.41, 5.74) is 3.18. The number of nitrogens with zero attached hydrogens (tertiary/aromatic N) is 2. The van der Waals surface area contributed by atoms with Crippen LogP contribution in [0.4, 0.5) is 0 Å². The molecule has 2 aromatic carbocycles. The molecule has 1 amide bonds. The number of rotatable bonds is 6. The van der Waals surface area contributed by atoms with E-state index >= 15 is 0 Å². The van der Waals surface area contributed by atoms with Crippen LogP contribution in [0.2, 0.25) is 0 Å². The highest BCUT2D eigenvalue weighted by atomic mass is 32.1. The van der Waals surface area contributed by atoms with Gasteiger partial charge in [0.15, 0.2) is 5.82 Å². The summed E-state index contributed by atoms with van der Waals surface area (Å²) in [7, 11) is 0. The SMILES string of the molecule is Cc1cc(-c2n[nH]c(Cc3ccccc3)n2)sc1C(=O)NCc1ccccc1. The van der Waals surface area contributed by atoms with Gasteiger partial charge in [0.25, 0.3) is 5.91 Å². The van der Waals surface area contributed by atoms with E-state index in [0.29, 0.717) is 23.7 Å². The first kappa shape index (κ1) is 18.1. The van der Waals surface area contributed by atoms with E-state index < -0.39 is 0 Å². The standard InChI is InChI=1S/C22H20N4OS/c1-15-12-18(21-24-19(25-26-21)13-16-8-4-2-5-9-16)28-20(15)22(27)23-14-17-10-6-3-7-11-17/h2-12H,13-14H2,1H3,(H,23,27)(H,24,25,26). The van der Waals surface area contributed by atoms with Gasteiger partial charge in [-0.05, 0) is 29.7 Å². The molecule has 4 rings (SSSR count). The van der Waals surface area contributed by atoms with Crippen molar-refractivity contribution in [2.75, 3.05) is 0 Å². The zero-order valence-electron chi connectivity index (χ0n) is 15.5. The highest BCUT2D eigenvalue weighted by Gasteiger charge is 2.17. The molecule has 0 radical (unpaired) electrons. The number of carbonyl (C=O) groups is 1. The van der Waals surface area contributed by atoms with E-state index in [1.807, 2.05) is 61.5 Å². The molecule has 2 N–H and O–H groups in total. The van der Waals surface area contributed by atoms with Crippen LogP contribution in [0.25, 0.3) is 10.7 Å². The molecular formula is C22H20N4OS. The van der Waals surface area contributed by atoms with Gasteiger partial charge in [-0.3, -0.25) is 9.89 Å². The van der Waals surface area contributed by atoms with Gasteiger partial charge in [-0.15, -0.1) is 11.3 Å².